The fourth-order valence-corrected chi connectivity index (χ4v) is 2.30. The third-order valence-electron chi connectivity index (χ3n) is 3.54. The first-order valence-electron chi connectivity index (χ1n) is 6.57. The van der Waals surface area contributed by atoms with Crippen LogP contribution in [0.5, 0.6) is 0 Å². The second-order valence-electron chi connectivity index (χ2n) is 4.92. The maximum absolute atomic E-state index is 11.7. The molecule has 0 aliphatic carbocycles. The fourth-order valence-electron chi connectivity index (χ4n) is 2.30. The van der Waals surface area contributed by atoms with Gasteiger partial charge in [-0.1, -0.05) is 56.0 Å². The van der Waals surface area contributed by atoms with Gasteiger partial charge in [-0.05, 0) is 18.9 Å². The van der Waals surface area contributed by atoms with Crippen molar-refractivity contribution >= 4 is 5.97 Å². The average molecular weight is 249 g/mol. The molecule has 1 unspecified atom stereocenters. The molecule has 3 nitrogen and oxygen atoms in total. The number of carbonyl (C=O) groups is 1. The van der Waals surface area contributed by atoms with Gasteiger partial charge in [0.05, 0.1) is 0 Å². The predicted octanol–water partition coefficient (Wildman–Crippen LogP) is 2.86. The molecular weight excluding hydrogens is 226 g/mol. The zero-order valence-electron chi connectivity index (χ0n) is 11.3. The summed E-state index contributed by atoms with van der Waals surface area (Å²) in [6, 6.07) is 7.68. The second-order valence-corrected chi connectivity index (χ2v) is 4.92. The van der Waals surface area contributed by atoms with Crippen molar-refractivity contribution in [1.82, 2.24) is 0 Å². The van der Waals surface area contributed by atoms with E-state index in [0.717, 1.165) is 30.4 Å². The van der Waals surface area contributed by atoms with Gasteiger partial charge in [-0.2, -0.15) is 0 Å². The highest BCUT2D eigenvalue weighted by molar-refractivity contribution is 5.81. The fraction of sp³-hybridized carbons (Fsp3) is 0.533. The standard InChI is InChI=1S/C15H23NO2/c1-3-4-5-9-15(11-16,14(17)18)13-8-6-7-12(2)10-13/h6-8,10H,3-5,9,11,16H2,1-2H3,(H,17,18). The van der Waals surface area contributed by atoms with E-state index in [4.69, 9.17) is 5.73 Å². The van der Waals surface area contributed by atoms with Crippen LogP contribution < -0.4 is 5.73 Å². The molecule has 0 fully saturated rings. The minimum Gasteiger partial charge on any atom is -0.481 e. The second kappa shape index (κ2) is 6.55. The summed E-state index contributed by atoms with van der Waals surface area (Å²) < 4.78 is 0. The first-order chi connectivity index (χ1) is 8.56. The molecule has 18 heavy (non-hydrogen) atoms. The highest BCUT2D eigenvalue weighted by Gasteiger charge is 2.38. The Bertz CT molecular complexity index is 403. The maximum atomic E-state index is 11.7. The van der Waals surface area contributed by atoms with Gasteiger partial charge in [0.15, 0.2) is 0 Å². The first kappa shape index (κ1) is 14.7. The molecule has 0 aromatic heterocycles. The molecule has 0 saturated carbocycles. The molecule has 100 valence electrons. The molecule has 0 aliphatic heterocycles. The first-order valence-corrected chi connectivity index (χ1v) is 6.57. The molecule has 0 radical (unpaired) electrons. The van der Waals surface area contributed by atoms with Gasteiger partial charge >= 0.3 is 5.97 Å². The molecule has 3 heteroatoms. The van der Waals surface area contributed by atoms with Gasteiger partial charge in [0.1, 0.15) is 5.41 Å². The zero-order chi connectivity index (χ0) is 13.6. The molecule has 1 atom stereocenters. The lowest BCUT2D eigenvalue weighted by Gasteiger charge is -2.29. The third kappa shape index (κ3) is 3.10. The number of rotatable bonds is 7. The number of aliphatic carboxylic acids is 1. The van der Waals surface area contributed by atoms with Crippen molar-refractivity contribution in [3.05, 3.63) is 35.4 Å². The summed E-state index contributed by atoms with van der Waals surface area (Å²) >= 11 is 0. The van der Waals surface area contributed by atoms with E-state index in [9.17, 15) is 9.90 Å². The lowest BCUT2D eigenvalue weighted by Crippen LogP contribution is -2.43. The van der Waals surface area contributed by atoms with Gasteiger partial charge < -0.3 is 10.8 Å². The molecule has 0 saturated heterocycles. The molecule has 0 heterocycles. The van der Waals surface area contributed by atoms with Crippen LogP contribution in [0.25, 0.3) is 0 Å². The Hall–Kier alpha value is -1.35. The molecule has 3 N–H and O–H groups in total. The Kier molecular flexibility index (Phi) is 5.35. The Morgan fingerprint density at radius 1 is 1.39 bits per heavy atom. The predicted molar refractivity (Wildman–Crippen MR) is 73.7 cm³/mol. The van der Waals surface area contributed by atoms with E-state index in [-0.39, 0.29) is 6.54 Å². The van der Waals surface area contributed by atoms with Gasteiger partial charge in [-0.15, -0.1) is 0 Å². The lowest BCUT2D eigenvalue weighted by molar-refractivity contribution is -0.143. The molecule has 1 aromatic carbocycles. The van der Waals surface area contributed by atoms with Crippen LogP contribution >= 0.6 is 0 Å². The molecule has 0 aliphatic rings. The minimum absolute atomic E-state index is 0.148. The van der Waals surface area contributed by atoms with Gasteiger partial charge in [0.25, 0.3) is 0 Å². The number of unbranched alkanes of at least 4 members (excludes halogenated alkanes) is 2. The van der Waals surface area contributed by atoms with Crippen LogP contribution in [0.4, 0.5) is 0 Å². The van der Waals surface area contributed by atoms with E-state index in [2.05, 4.69) is 6.92 Å². The number of hydrogen-bond acceptors (Lipinski definition) is 2. The van der Waals surface area contributed by atoms with Crippen molar-refractivity contribution in [2.75, 3.05) is 6.54 Å². The van der Waals surface area contributed by atoms with E-state index in [0.29, 0.717) is 6.42 Å². The molecular formula is C15H23NO2. The largest absolute Gasteiger partial charge is 0.481 e. The summed E-state index contributed by atoms with van der Waals surface area (Å²) in [5.74, 6) is -0.813. The van der Waals surface area contributed by atoms with Crippen LogP contribution in [-0.4, -0.2) is 17.6 Å². The van der Waals surface area contributed by atoms with Crippen LogP contribution in [0.3, 0.4) is 0 Å². The summed E-state index contributed by atoms with van der Waals surface area (Å²) in [4.78, 5) is 11.7. The highest BCUT2D eigenvalue weighted by Crippen LogP contribution is 2.30. The van der Waals surface area contributed by atoms with Crippen molar-refractivity contribution in [3.8, 4) is 0 Å². The van der Waals surface area contributed by atoms with Crippen molar-refractivity contribution in [3.63, 3.8) is 0 Å². The Morgan fingerprint density at radius 2 is 2.11 bits per heavy atom. The minimum atomic E-state index is -0.929. The molecule has 0 amide bonds. The SMILES string of the molecule is CCCCCC(CN)(C(=O)O)c1cccc(C)c1. The van der Waals surface area contributed by atoms with Gasteiger partial charge in [0.2, 0.25) is 0 Å². The molecule has 1 aromatic rings. The number of nitrogens with two attached hydrogens (primary N) is 1. The van der Waals surface area contributed by atoms with Crippen LogP contribution in [-0.2, 0) is 10.2 Å². The van der Waals surface area contributed by atoms with Gasteiger partial charge in [-0.25, -0.2) is 0 Å². The summed E-state index contributed by atoms with van der Waals surface area (Å²) in [6.45, 7) is 4.23. The molecule has 1 rings (SSSR count). The van der Waals surface area contributed by atoms with Gasteiger partial charge in [-0.3, -0.25) is 4.79 Å². The zero-order valence-corrected chi connectivity index (χ0v) is 11.3. The Morgan fingerprint density at radius 3 is 2.61 bits per heavy atom. The van der Waals surface area contributed by atoms with Crippen molar-refractivity contribution < 1.29 is 9.90 Å². The average Bonchev–Trinajstić information content (AvgIpc) is 2.34. The Balaban J connectivity index is 3.06. The summed E-state index contributed by atoms with van der Waals surface area (Å²) in [6.07, 6.45) is 3.62. The summed E-state index contributed by atoms with van der Waals surface area (Å²) in [5.41, 5.74) is 6.76. The van der Waals surface area contributed by atoms with Crippen LogP contribution in [0.1, 0.15) is 43.7 Å². The smallest absolute Gasteiger partial charge is 0.315 e. The van der Waals surface area contributed by atoms with E-state index >= 15 is 0 Å². The van der Waals surface area contributed by atoms with Crippen molar-refractivity contribution in [2.24, 2.45) is 5.73 Å². The van der Waals surface area contributed by atoms with E-state index < -0.39 is 11.4 Å². The normalized spacial score (nSPS) is 14.2. The maximum Gasteiger partial charge on any atom is 0.315 e. The number of carboxylic acid groups (broad SMARTS) is 1. The molecule has 0 bridgehead atoms. The van der Waals surface area contributed by atoms with Crippen molar-refractivity contribution in [2.45, 2.75) is 44.9 Å². The van der Waals surface area contributed by atoms with E-state index in [1.165, 1.54) is 0 Å². The van der Waals surface area contributed by atoms with Crippen molar-refractivity contribution in [1.29, 1.82) is 0 Å². The quantitative estimate of drug-likeness (QED) is 0.730. The third-order valence-corrected chi connectivity index (χ3v) is 3.54. The lowest BCUT2D eigenvalue weighted by atomic mass is 9.76. The summed E-state index contributed by atoms with van der Waals surface area (Å²) in [7, 11) is 0. The number of benzene rings is 1. The van der Waals surface area contributed by atoms with Crippen LogP contribution in [0.15, 0.2) is 24.3 Å². The van der Waals surface area contributed by atoms with Gasteiger partial charge in [0, 0.05) is 6.54 Å². The highest BCUT2D eigenvalue weighted by atomic mass is 16.4. The monoisotopic (exact) mass is 249 g/mol. The van der Waals surface area contributed by atoms with Crippen LogP contribution in [0.2, 0.25) is 0 Å². The molecule has 0 spiro atoms. The number of aryl methyl sites for hydroxylation is 1. The van der Waals surface area contributed by atoms with E-state index in [1.54, 1.807) is 0 Å². The summed E-state index contributed by atoms with van der Waals surface area (Å²) in [5, 5.41) is 9.59. The topological polar surface area (TPSA) is 63.3 Å². The van der Waals surface area contributed by atoms with E-state index in [1.807, 2.05) is 31.2 Å². The number of hydrogen-bond donors (Lipinski definition) is 2. The van der Waals surface area contributed by atoms with Crippen LogP contribution in [0, 0.1) is 6.92 Å². The Labute approximate surface area is 109 Å². The number of carboxylic acids is 1.